The molecule has 1 aromatic heterocycles. The Balaban J connectivity index is 2.57. The van der Waals surface area contributed by atoms with E-state index in [1.165, 1.54) is 16.4 Å². The maximum absolute atomic E-state index is 11.3. The molecule has 1 aromatic carbocycles. The fraction of sp³-hybridized carbons (Fsp3) is 0.214. The Labute approximate surface area is 141 Å². The molecule has 0 bridgehead atoms. The number of aldehydes is 1. The molecular weight excluding hydrogens is 347 g/mol. The second-order valence-electron chi connectivity index (χ2n) is 4.74. The number of rotatable bonds is 5. The molecule has 0 amide bonds. The highest BCUT2D eigenvalue weighted by molar-refractivity contribution is 7.99. The molecule has 5 nitrogen and oxygen atoms in total. The van der Waals surface area contributed by atoms with E-state index in [4.69, 9.17) is 23.2 Å². The molecule has 0 aliphatic carbocycles. The maximum atomic E-state index is 11.3. The summed E-state index contributed by atoms with van der Waals surface area (Å²) in [4.78, 5) is 23.3. The minimum absolute atomic E-state index is 0.0438. The van der Waals surface area contributed by atoms with Crippen LogP contribution in [0.15, 0.2) is 28.1 Å². The summed E-state index contributed by atoms with van der Waals surface area (Å²) >= 11 is 13.1. The van der Waals surface area contributed by atoms with Crippen LogP contribution < -0.4 is 0 Å². The quantitative estimate of drug-likeness (QED) is 0.800. The lowest BCUT2D eigenvalue weighted by atomic mass is 10.3. The van der Waals surface area contributed by atoms with Crippen LogP contribution in [0.5, 0.6) is 0 Å². The van der Waals surface area contributed by atoms with E-state index in [1.54, 1.807) is 18.2 Å². The molecule has 8 heteroatoms. The Bertz CT molecular complexity index is 724. The van der Waals surface area contributed by atoms with Gasteiger partial charge in [-0.25, -0.2) is 4.79 Å². The van der Waals surface area contributed by atoms with E-state index in [0.29, 0.717) is 26.3 Å². The summed E-state index contributed by atoms with van der Waals surface area (Å²) < 4.78 is 1.51. The second kappa shape index (κ2) is 6.73. The summed E-state index contributed by atoms with van der Waals surface area (Å²) in [7, 11) is 0. The number of hydrogen-bond acceptors (Lipinski definition) is 4. The molecule has 2 rings (SSSR count). The van der Waals surface area contributed by atoms with Gasteiger partial charge in [0, 0.05) is 21.0 Å². The largest absolute Gasteiger partial charge is 0.476 e. The normalized spacial score (nSPS) is 11.0. The first-order valence-electron chi connectivity index (χ1n) is 6.28. The van der Waals surface area contributed by atoms with Gasteiger partial charge in [0.05, 0.1) is 5.56 Å². The Hall–Kier alpha value is -1.50. The molecular formula is C14H12Cl2N2O3S. The number of carbonyl (C=O) groups excluding carboxylic acids is 1. The van der Waals surface area contributed by atoms with Crippen LogP contribution >= 0.6 is 35.0 Å². The van der Waals surface area contributed by atoms with Gasteiger partial charge in [-0.2, -0.15) is 5.10 Å². The predicted octanol–water partition coefficient (Wildman–Crippen LogP) is 4.43. The first kappa shape index (κ1) is 16.9. The predicted molar refractivity (Wildman–Crippen MR) is 85.5 cm³/mol. The number of carboxylic acids is 1. The number of carbonyl (C=O) groups is 2. The van der Waals surface area contributed by atoms with E-state index in [1.807, 2.05) is 13.8 Å². The molecule has 0 saturated heterocycles. The van der Waals surface area contributed by atoms with E-state index in [2.05, 4.69) is 5.10 Å². The van der Waals surface area contributed by atoms with Crippen molar-refractivity contribution < 1.29 is 14.7 Å². The van der Waals surface area contributed by atoms with Crippen molar-refractivity contribution in [2.45, 2.75) is 29.8 Å². The van der Waals surface area contributed by atoms with E-state index in [0.717, 1.165) is 0 Å². The van der Waals surface area contributed by atoms with Crippen LogP contribution in [0.1, 0.15) is 40.7 Å². The Kier molecular flexibility index (Phi) is 5.16. The van der Waals surface area contributed by atoms with Gasteiger partial charge in [-0.1, -0.05) is 35.0 Å². The summed E-state index contributed by atoms with van der Waals surface area (Å²) in [5.41, 5.74) is -0.221. The minimum Gasteiger partial charge on any atom is -0.476 e. The van der Waals surface area contributed by atoms with Gasteiger partial charge >= 0.3 is 5.97 Å². The minimum atomic E-state index is -1.24. The lowest BCUT2D eigenvalue weighted by Crippen LogP contribution is -2.06. The van der Waals surface area contributed by atoms with E-state index in [9.17, 15) is 14.7 Å². The van der Waals surface area contributed by atoms with Gasteiger partial charge in [-0.05, 0) is 32.0 Å². The third-order valence-corrected chi connectivity index (χ3v) is 4.27. The summed E-state index contributed by atoms with van der Waals surface area (Å²) in [6, 6.07) is 4.86. The summed E-state index contributed by atoms with van der Waals surface area (Å²) in [5, 5.41) is 14.6. The highest BCUT2D eigenvalue weighted by Crippen LogP contribution is 2.35. The number of nitrogens with zero attached hydrogens (tertiary/aromatic N) is 2. The zero-order valence-corrected chi connectivity index (χ0v) is 14.0. The number of hydrogen-bond donors (Lipinski definition) is 1. The molecule has 0 aliphatic heterocycles. The van der Waals surface area contributed by atoms with Crippen LogP contribution in [-0.2, 0) is 0 Å². The smallest absolute Gasteiger partial charge is 0.357 e. The van der Waals surface area contributed by atoms with Crippen molar-refractivity contribution in [3.63, 3.8) is 0 Å². The number of carboxylic acid groups (broad SMARTS) is 1. The number of aromatic nitrogens is 2. The molecule has 0 fully saturated rings. The number of halogens is 2. The van der Waals surface area contributed by atoms with Crippen LogP contribution in [0.4, 0.5) is 0 Å². The molecule has 0 unspecified atom stereocenters. The van der Waals surface area contributed by atoms with Crippen LogP contribution in [-0.4, -0.2) is 27.1 Å². The van der Waals surface area contributed by atoms with Crippen molar-refractivity contribution >= 4 is 47.2 Å². The molecule has 1 N–H and O–H groups in total. The lowest BCUT2D eigenvalue weighted by molar-refractivity contribution is 0.0686. The van der Waals surface area contributed by atoms with Crippen molar-refractivity contribution in [3.8, 4) is 0 Å². The maximum Gasteiger partial charge on any atom is 0.357 e. The van der Waals surface area contributed by atoms with Crippen molar-refractivity contribution in [2.24, 2.45) is 0 Å². The molecule has 0 spiro atoms. The monoisotopic (exact) mass is 358 g/mol. The van der Waals surface area contributed by atoms with Gasteiger partial charge in [-0.3, -0.25) is 9.48 Å². The van der Waals surface area contributed by atoms with Crippen molar-refractivity contribution in [3.05, 3.63) is 39.5 Å². The fourth-order valence-electron chi connectivity index (χ4n) is 1.85. The van der Waals surface area contributed by atoms with Gasteiger partial charge < -0.3 is 5.11 Å². The van der Waals surface area contributed by atoms with Crippen LogP contribution in [0, 0.1) is 0 Å². The average molecular weight is 359 g/mol. The standard InChI is InChI=1S/C14H12Cl2N2O3S/c1-7(2)18-13(11(6-19)12(17-18)14(20)21)22-10-4-8(15)3-9(16)5-10/h3-7H,1-2H3,(H,20,21). The molecule has 0 atom stereocenters. The zero-order chi connectivity index (χ0) is 16.4. The third kappa shape index (κ3) is 3.45. The summed E-state index contributed by atoms with van der Waals surface area (Å²) in [5.74, 6) is -1.24. The number of aromatic carboxylic acids is 1. The van der Waals surface area contributed by atoms with Crippen LogP contribution in [0.2, 0.25) is 10.0 Å². The third-order valence-electron chi connectivity index (χ3n) is 2.76. The Morgan fingerprint density at radius 3 is 2.36 bits per heavy atom. The van der Waals surface area contributed by atoms with Gasteiger partial charge in [0.1, 0.15) is 5.03 Å². The van der Waals surface area contributed by atoms with Crippen molar-refractivity contribution in [2.75, 3.05) is 0 Å². The van der Waals surface area contributed by atoms with Gasteiger partial charge in [-0.15, -0.1) is 0 Å². The van der Waals surface area contributed by atoms with Gasteiger partial charge in [0.15, 0.2) is 12.0 Å². The molecule has 116 valence electrons. The van der Waals surface area contributed by atoms with Gasteiger partial charge in [0.25, 0.3) is 0 Å². The topological polar surface area (TPSA) is 72.2 Å². The lowest BCUT2D eigenvalue weighted by Gasteiger charge is -2.11. The highest BCUT2D eigenvalue weighted by Gasteiger charge is 2.24. The van der Waals surface area contributed by atoms with Crippen molar-refractivity contribution in [1.82, 2.24) is 9.78 Å². The van der Waals surface area contributed by atoms with Gasteiger partial charge in [0.2, 0.25) is 0 Å². The second-order valence-corrected chi connectivity index (χ2v) is 6.67. The summed E-state index contributed by atoms with van der Waals surface area (Å²) in [6.07, 6.45) is 0.504. The average Bonchev–Trinajstić information content (AvgIpc) is 2.76. The molecule has 0 saturated carbocycles. The van der Waals surface area contributed by atoms with Crippen molar-refractivity contribution in [1.29, 1.82) is 0 Å². The summed E-state index contributed by atoms with van der Waals surface area (Å²) in [6.45, 7) is 3.70. The molecule has 0 aliphatic rings. The van der Waals surface area contributed by atoms with E-state index in [-0.39, 0.29) is 17.3 Å². The van der Waals surface area contributed by atoms with Crippen LogP contribution in [0.3, 0.4) is 0 Å². The van der Waals surface area contributed by atoms with E-state index < -0.39 is 5.97 Å². The fourth-order valence-corrected chi connectivity index (χ4v) is 3.70. The Morgan fingerprint density at radius 1 is 1.32 bits per heavy atom. The molecule has 0 radical (unpaired) electrons. The first-order chi connectivity index (χ1) is 10.3. The molecule has 1 heterocycles. The first-order valence-corrected chi connectivity index (χ1v) is 7.85. The van der Waals surface area contributed by atoms with Crippen LogP contribution in [0.25, 0.3) is 0 Å². The van der Waals surface area contributed by atoms with E-state index >= 15 is 0 Å². The number of benzene rings is 1. The zero-order valence-electron chi connectivity index (χ0n) is 11.7. The SMILES string of the molecule is CC(C)n1nc(C(=O)O)c(C=O)c1Sc1cc(Cl)cc(Cl)c1. The highest BCUT2D eigenvalue weighted by atomic mass is 35.5. The molecule has 2 aromatic rings. The molecule has 22 heavy (non-hydrogen) atoms. The Morgan fingerprint density at radius 2 is 1.91 bits per heavy atom.